The van der Waals surface area contributed by atoms with Crippen molar-refractivity contribution in [1.29, 1.82) is 0 Å². The number of sulfonamides is 1. The predicted molar refractivity (Wildman–Crippen MR) is 138 cm³/mol. The normalized spacial score (nSPS) is 14.5. The van der Waals surface area contributed by atoms with Crippen molar-refractivity contribution in [1.82, 2.24) is 19.6 Å². The fourth-order valence-corrected chi connectivity index (χ4v) is 5.55. The zero-order valence-corrected chi connectivity index (χ0v) is 20.7. The number of piperidine rings is 1. The summed E-state index contributed by atoms with van der Waals surface area (Å²) in [5.74, 6) is 0.631. The summed E-state index contributed by atoms with van der Waals surface area (Å²) in [6.07, 6.45) is 3.12. The van der Waals surface area contributed by atoms with E-state index in [9.17, 15) is 12.8 Å². The highest BCUT2D eigenvalue weighted by molar-refractivity contribution is 7.89. The third kappa shape index (κ3) is 6.65. The van der Waals surface area contributed by atoms with E-state index in [1.165, 1.54) is 10.4 Å². The van der Waals surface area contributed by atoms with Crippen molar-refractivity contribution < 1.29 is 12.8 Å². The minimum Gasteiger partial charge on any atom is -0.384 e. The van der Waals surface area contributed by atoms with Gasteiger partial charge in [-0.1, -0.05) is 6.07 Å². The third-order valence-corrected chi connectivity index (χ3v) is 7.62. The number of aromatic nitrogens is 2. The van der Waals surface area contributed by atoms with Gasteiger partial charge in [-0.2, -0.15) is 9.29 Å². The Morgan fingerprint density at radius 1 is 1.11 bits per heavy atom. The molecule has 2 aromatic rings. The summed E-state index contributed by atoms with van der Waals surface area (Å²) >= 11 is 0. The highest BCUT2D eigenvalue weighted by Crippen LogP contribution is 2.36. The lowest BCUT2D eigenvalue weighted by atomic mass is 10.1. The monoisotopic (exact) mass is 521 g/mol. The largest absolute Gasteiger partial charge is 0.384 e. The number of benzene rings is 2. The summed E-state index contributed by atoms with van der Waals surface area (Å²) < 4.78 is 39.9. The fraction of sp³-hybridized carbons (Fsp3) is 0.304. The zero-order chi connectivity index (χ0) is 24.1. The molecule has 1 aliphatic heterocycles. The molecule has 1 saturated heterocycles. The van der Waals surface area contributed by atoms with E-state index < -0.39 is 10.0 Å². The first-order valence-corrected chi connectivity index (χ1v) is 12.5. The second-order valence-electron chi connectivity index (χ2n) is 8.03. The van der Waals surface area contributed by atoms with Crippen LogP contribution < -0.4 is 22.1 Å². The summed E-state index contributed by atoms with van der Waals surface area (Å²) in [5.41, 5.74) is 13.9. The van der Waals surface area contributed by atoms with Gasteiger partial charge in [-0.25, -0.2) is 17.8 Å². The van der Waals surface area contributed by atoms with E-state index in [1.54, 1.807) is 42.6 Å². The molecular weight excluding hydrogens is 493 g/mol. The Hall–Kier alpha value is -2.83. The van der Waals surface area contributed by atoms with Crippen LogP contribution in [0.15, 0.2) is 59.6 Å². The number of halogens is 2. The van der Waals surface area contributed by atoms with Gasteiger partial charge in [0.1, 0.15) is 11.6 Å². The number of hydrogen-bond acceptors (Lipinski definition) is 8. The first kappa shape index (κ1) is 26.8. The molecule has 0 spiro atoms. The van der Waals surface area contributed by atoms with Gasteiger partial charge in [0, 0.05) is 36.6 Å². The first-order valence-electron chi connectivity index (χ1n) is 11.1. The van der Waals surface area contributed by atoms with Crippen LogP contribution in [0.5, 0.6) is 0 Å². The number of rotatable bonds is 7. The van der Waals surface area contributed by atoms with E-state index in [0.717, 1.165) is 37.1 Å². The fourth-order valence-electron chi connectivity index (χ4n) is 3.85. The van der Waals surface area contributed by atoms with Crippen LogP contribution in [0.3, 0.4) is 0 Å². The molecule has 1 aromatic carbocycles. The molecule has 0 saturated carbocycles. The smallest absolute Gasteiger partial charge is 0.243 e. The molecule has 0 radical (unpaired) electrons. The maximum atomic E-state index is 13.1. The molecule has 2 aliphatic carbocycles. The molecular formula is C23H29ClFN7O2S. The number of nitrogens with one attached hydrogen (secondary N) is 2. The molecule has 3 aliphatic rings. The lowest BCUT2D eigenvalue weighted by Gasteiger charge is -2.33. The van der Waals surface area contributed by atoms with Gasteiger partial charge in [0.15, 0.2) is 0 Å². The molecule has 2 heterocycles. The number of nitrogens with zero attached hydrogens (tertiary/aromatic N) is 3. The summed E-state index contributed by atoms with van der Waals surface area (Å²) in [6, 6.07) is 13.2. The highest BCUT2D eigenvalue weighted by atomic mass is 35.5. The second kappa shape index (κ2) is 11.7. The molecule has 0 unspecified atom stereocenters. The van der Waals surface area contributed by atoms with E-state index in [4.69, 9.17) is 11.5 Å². The van der Waals surface area contributed by atoms with Crippen molar-refractivity contribution in [2.24, 2.45) is 5.73 Å². The van der Waals surface area contributed by atoms with Crippen LogP contribution in [0.4, 0.5) is 21.8 Å². The molecule has 35 heavy (non-hydrogen) atoms. The summed E-state index contributed by atoms with van der Waals surface area (Å²) in [7, 11) is -3.61. The number of fused-ring (bicyclic) bond motifs is 1. The molecule has 0 bridgehead atoms. The van der Waals surface area contributed by atoms with Gasteiger partial charge in [-0.05, 0) is 74.0 Å². The highest BCUT2D eigenvalue weighted by Gasteiger charge is 2.31. The lowest BCUT2D eigenvalue weighted by Crippen LogP contribution is -2.47. The van der Waals surface area contributed by atoms with Crippen LogP contribution in [0, 0.1) is 5.82 Å². The van der Waals surface area contributed by atoms with Crippen LogP contribution in [-0.4, -0.2) is 54.9 Å². The van der Waals surface area contributed by atoms with E-state index in [0.29, 0.717) is 24.0 Å². The van der Waals surface area contributed by atoms with Crippen LogP contribution in [0.25, 0.3) is 11.1 Å². The van der Waals surface area contributed by atoms with Crippen molar-refractivity contribution in [2.45, 2.75) is 23.8 Å². The number of hydrogen-bond donors (Lipinski definition) is 4. The Balaban J connectivity index is 0.000000362. The SMILES string of the molecule is Cl.Fc1ccc2cc1-2.NCCN(C1CCNCC1)S(=O)(=O)c1ccc(Nc2nccc(N)n2)cc1. The molecule has 6 N–H and O–H groups in total. The molecule has 1 aromatic heterocycles. The van der Waals surface area contributed by atoms with Crippen LogP contribution >= 0.6 is 12.4 Å². The van der Waals surface area contributed by atoms with E-state index in [2.05, 4.69) is 20.6 Å². The Morgan fingerprint density at radius 3 is 2.34 bits per heavy atom. The number of nitrogen functional groups attached to an aromatic ring is 1. The number of anilines is 3. The predicted octanol–water partition coefficient (Wildman–Crippen LogP) is 2.73. The molecule has 12 heteroatoms. The van der Waals surface area contributed by atoms with Crippen molar-refractivity contribution >= 4 is 39.9 Å². The van der Waals surface area contributed by atoms with E-state index >= 15 is 0 Å². The van der Waals surface area contributed by atoms with Gasteiger partial charge in [0.2, 0.25) is 16.0 Å². The quantitative estimate of drug-likeness (QED) is 0.291. The molecule has 188 valence electrons. The van der Waals surface area contributed by atoms with Crippen LogP contribution in [0.2, 0.25) is 0 Å². The van der Waals surface area contributed by atoms with Crippen molar-refractivity contribution in [3.05, 3.63) is 60.5 Å². The summed E-state index contributed by atoms with van der Waals surface area (Å²) in [5, 5.41) is 6.26. The molecule has 0 atom stereocenters. The molecule has 1 fully saturated rings. The van der Waals surface area contributed by atoms with Crippen LogP contribution in [0.1, 0.15) is 12.8 Å². The van der Waals surface area contributed by atoms with Gasteiger partial charge in [-0.15, -0.1) is 12.4 Å². The number of nitrogens with two attached hydrogens (primary N) is 2. The standard InChI is InChI=1S/C17H25N7O2S.C6H3F.ClH/c18-8-12-24(14-5-9-20-10-6-14)27(25,26)15-3-1-13(2-4-15)22-17-21-11-7-16(19)23-17;7-6-2-1-4-3-5(4)6;/h1-4,7,11,14,20H,5-6,8-10,12,18H2,(H3,19,21,22,23);1-3H;1H. The van der Waals surface area contributed by atoms with Gasteiger partial charge in [0.25, 0.3) is 0 Å². The average Bonchev–Trinajstić information content (AvgIpc) is 3.54. The second-order valence-corrected chi connectivity index (χ2v) is 9.93. The summed E-state index contributed by atoms with van der Waals surface area (Å²) in [4.78, 5) is 8.38. The van der Waals surface area contributed by atoms with Gasteiger partial charge in [0.05, 0.1) is 4.90 Å². The zero-order valence-electron chi connectivity index (χ0n) is 19.0. The Labute approximate surface area is 210 Å². The van der Waals surface area contributed by atoms with Gasteiger partial charge >= 0.3 is 0 Å². The Bertz CT molecular complexity index is 1240. The van der Waals surface area contributed by atoms with E-state index in [-0.39, 0.29) is 35.7 Å². The third-order valence-electron chi connectivity index (χ3n) is 5.65. The molecule has 5 rings (SSSR count). The van der Waals surface area contributed by atoms with Gasteiger partial charge < -0.3 is 22.1 Å². The minimum absolute atomic E-state index is 0. The van der Waals surface area contributed by atoms with Crippen LogP contribution in [-0.2, 0) is 10.0 Å². The minimum atomic E-state index is -3.61. The van der Waals surface area contributed by atoms with Crippen molar-refractivity contribution in [3.63, 3.8) is 0 Å². The maximum absolute atomic E-state index is 13.1. The maximum Gasteiger partial charge on any atom is 0.243 e. The van der Waals surface area contributed by atoms with Crippen molar-refractivity contribution in [2.75, 3.05) is 37.2 Å². The van der Waals surface area contributed by atoms with Crippen molar-refractivity contribution in [3.8, 4) is 11.1 Å². The Morgan fingerprint density at radius 2 is 1.83 bits per heavy atom. The van der Waals surface area contributed by atoms with E-state index in [1.807, 2.05) is 6.07 Å². The topological polar surface area (TPSA) is 139 Å². The molecule has 9 nitrogen and oxygen atoms in total. The molecule has 0 amide bonds. The average molecular weight is 522 g/mol. The first-order chi connectivity index (χ1) is 16.4. The summed E-state index contributed by atoms with van der Waals surface area (Å²) in [6.45, 7) is 2.22. The lowest BCUT2D eigenvalue weighted by molar-refractivity contribution is 0.266. The Kier molecular flexibility index (Phi) is 8.98. The van der Waals surface area contributed by atoms with Gasteiger partial charge in [-0.3, -0.25) is 0 Å².